The number of anilines is 1. The summed E-state index contributed by atoms with van der Waals surface area (Å²) >= 11 is 0. The lowest BCUT2D eigenvalue weighted by Crippen LogP contribution is -2.38. The highest BCUT2D eigenvalue weighted by atomic mass is 32.2. The number of nitrogens with one attached hydrogen (secondary N) is 1. The van der Waals surface area contributed by atoms with Crippen molar-refractivity contribution in [1.29, 1.82) is 5.41 Å². The Morgan fingerprint density at radius 3 is 2.19 bits per heavy atom. The predicted molar refractivity (Wildman–Crippen MR) is 79.3 cm³/mol. The summed E-state index contributed by atoms with van der Waals surface area (Å²) in [5.41, 5.74) is 5.73. The van der Waals surface area contributed by atoms with Gasteiger partial charge < -0.3 is 5.73 Å². The molecule has 7 heteroatoms. The van der Waals surface area contributed by atoms with Gasteiger partial charge in [-0.05, 0) is 36.4 Å². The van der Waals surface area contributed by atoms with Crippen molar-refractivity contribution in [3.05, 3.63) is 60.4 Å². The summed E-state index contributed by atoms with van der Waals surface area (Å²) in [6.07, 6.45) is 0. The molecule has 0 bridgehead atoms. The van der Waals surface area contributed by atoms with Crippen LogP contribution in [0.2, 0.25) is 0 Å². The molecule has 0 saturated carbocycles. The molecule has 3 N–H and O–H groups in total. The average Bonchev–Trinajstić information content (AvgIpc) is 2.46. The average molecular weight is 307 g/mol. The normalized spacial score (nSPS) is 11.1. The van der Waals surface area contributed by atoms with Crippen LogP contribution in [0.5, 0.6) is 0 Å². The van der Waals surface area contributed by atoms with Crippen LogP contribution in [0.4, 0.5) is 10.1 Å². The second-order valence-electron chi connectivity index (χ2n) is 4.33. The monoisotopic (exact) mass is 307 g/mol. The fourth-order valence-electron chi connectivity index (χ4n) is 1.80. The van der Waals surface area contributed by atoms with Crippen LogP contribution in [-0.4, -0.2) is 20.8 Å². The Labute approximate surface area is 122 Å². The predicted octanol–water partition coefficient (Wildman–Crippen LogP) is 1.96. The van der Waals surface area contributed by atoms with E-state index in [1.54, 1.807) is 30.3 Å². The lowest BCUT2D eigenvalue weighted by atomic mass is 10.3. The molecule has 0 aromatic heterocycles. The maximum Gasteiger partial charge on any atom is 0.264 e. The molecule has 2 rings (SSSR count). The van der Waals surface area contributed by atoms with E-state index in [0.717, 1.165) is 16.4 Å². The number of nitrogens with zero attached hydrogens (tertiary/aromatic N) is 1. The number of sulfonamides is 1. The van der Waals surface area contributed by atoms with Crippen molar-refractivity contribution < 1.29 is 12.8 Å². The molecule has 0 amide bonds. The van der Waals surface area contributed by atoms with E-state index in [9.17, 15) is 12.8 Å². The minimum absolute atomic E-state index is 0.0611. The van der Waals surface area contributed by atoms with Crippen molar-refractivity contribution in [2.75, 3.05) is 10.8 Å². The van der Waals surface area contributed by atoms with Crippen molar-refractivity contribution >= 4 is 21.5 Å². The van der Waals surface area contributed by atoms with Crippen LogP contribution in [0.15, 0.2) is 59.5 Å². The van der Waals surface area contributed by atoms with Gasteiger partial charge >= 0.3 is 0 Å². The van der Waals surface area contributed by atoms with Gasteiger partial charge in [0.2, 0.25) is 0 Å². The summed E-state index contributed by atoms with van der Waals surface area (Å²) in [4.78, 5) is -0.0611. The second kappa shape index (κ2) is 5.92. The highest BCUT2D eigenvalue weighted by Crippen LogP contribution is 2.23. The van der Waals surface area contributed by atoms with E-state index in [1.807, 2.05) is 0 Å². The van der Waals surface area contributed by atoms with Gasteiger partial charge in [0.1, 0.15) is 11.7 Å². The number of benzene rings is 2. The van der Waals surface area contributed by atoms with Crippen molar-refractivity contribution in [3.8, 4) is 0 Å². The van der Waals surface area contributed by atoms with Gasteiger partial charge in [-0.25, -0.2) is 12.8 Å². The molecule has 0 atom stereocenters. The SMILES string of the molecule is N=C(N)CN(c1ccccc1)S(=O)(=O)c1ccc(F)cc1. The first-order valence-electron chi connectivity index (χ1n) is 6.07. The zero-order valence-electron chi connectivity index (χ0n) is 11.0. The Morgan fingerprint density at radius 1 is 1.10 bits per heavy atom. The summed E-state index contributed by atoms with van der Waals surface area (Å²) in [5, 5.41) is 7.36. The standard InChI is InChI=1S/C14H14FN3O2S/c15-11-6-8-13(9-7-11)21(19,20)18(10-14(16)17)12-4-2-1-3-5-12/h1-9H,10H2,(H3,16,17). The van der Waals surface area contributed by atoms with Crippen molar-refractivity contribution in [1.82, 2.24) is 0 Å². The van der Waals surface area contributed by atoms with E-state index < -0.39 is 15.8 Å². The first-order chi connectivity index (χ1) is 9.91. The Kier molecular flexibility index (Phi) is 4.23. The molecule has 2 aromatic carbocycles. The van der Waals surface area contributed by atoms with Crippen LogP contribution in [0.1, 0.15) is 0 Å². The Bertz CT molecular complexity index is 731. The van der Waals surface area contributed by atoms with Crippen molar-refractivity contribution in [3.63, 3.8) is 0 Å². The Balaban J connectivity index is 2.49. The molecule has 0 saturated heterocycles. The van der Waals surface area contributed by atoms with Crippen LogP contribution in [0.3, 0.4) is 0 Å². The molecule has 0 aliphatic heterocycles. The molecule has 2 aromatic rings. The summed E-state index contributed by atoms with van der Waals surface area (Å²) in [6, 6.07) is 12.8. The number of rotatable bonds is 5. The molecule has 0 aliphatic rings. The van der Waals surface area contributed by atoms with Crippen LogP contribution < -0.4 is 10.0 Å². The Morgan fingerprint density at radius 2 is 1.67 bits per heavy atom. The fourth-order valence-corrected chi connectivity index (χ4v) is 3.24. The zero-order chi connectivity index (χ0) is 15.5. The summed E-state index contributed by atoms with van der Waals surface area (Å²) in [7, 11) is -3.92. The van der Waals surface area contributed by atoms with Crippen LogP contribution in [0.25, 0.3) is 0 Å². The summed E-state index contributed by atoms with van der Waals surface area (Å²) < 4.78 is 39.2. The number of hydrogen-bond acceptors (Lipinski definition) is 3. The van der Waals surface area contributed by atoms with E-state index in [-0.39, 0.29) is 17.3 Å². The minimum atomic E-state index is -3.92. The first-order valence-corrected chi connectivity index (χ1v) is 7.51. The summed E-state index contributed by atoms with van der Waals surface area (Å²) in [5.74, 6) is -0.809. The Hall–Kier alpha value is -2.41. The van der Waals surface area contributed by atoms with Gasteiger partial charge in [0.15, 0.2) is 0 Å². The number of hydrogen-bond donors (Lipinski definition) is 2. The van der Waals surface area contributed by atoms with E-state index >= 15 is 0 Å². The highest BCUT2D eigenvalue weighted by Gasteiger charge is 2.25. The molecule has 0 heterocycles. The number of halogens is 1. The van der Waals surface area contributed by atoms with Gasteiger partial charge in [0.05, 0.1) is 17.1 Å². The third-order valence-electron chi connectivity index (χ3n) is 2.76. The number of amidine groups is 1. The molecule has 110 valence electrons. The van der Waals surface area contributed by atoms with E-state index in [0.29, 0.717) is 5.69 Å². The maximum absolute atomic E-state index is 12.9. The third-order valence-corrected chi connectivity index (χ3v) is 4.55. The number of para-hydroxylation sites is 1. The molecule has 0 unspecified atom stereocenters. The molecular weight excluding hydrogens is 293 g/mol. The largest absolute Gasteiger partial charge is 0.386 e. The zero-order valence-corrected chi connectivity index (χ0v) is 11.8. The highest BCUT2D eigenvalue weighted by molar-refractivity contribution is 7.92. The van der Waals surface area contributed by atoms with Gasteiger partial charge in [-0.1, -0.05) is 18.2 Å². The first kappa shape index (κ1) is 15.0. The van der Waals surface area contributed by atoms with E-state index in [1.165, 1.54) is 12.1 Å². The van der Waals surface area contributed by atoms with Gasteiger partial charge in [0, 0.05) is 0 Å². The van der Waals surface area contributed by atoms with Gasteiger partial charge in [-0.2, -0.15) is 0 Å². The smallest absolute Gasteiger partial charge is 0.264 e. The molecule has 21 heavy (non-hydrogen) atoms. The summed E-state index contributed by atoms with van der Waals surface area (Å²) in [6.45, 7) is -0.274. The van der Waals surface area contributed by atoms with Gasteiger partial charge in [0.25, 0.3) is 10.0 Å². The molecular formula is C14H14FN3O2S. The van der Waals surface area contributed by atoms with Crippen molar-refractivity contribution in [2.45, 2.75) is 4.90 Å². The molecule has 0 aliphatic carbocycles. The lowest BCUT2D eigenvalue weighted by molar-refractivity contribution is 0.592. The molecule has 0 radical (unpaired) electrons. The second-order valence-corrected chi connectivity index (χ2v) is 6.19. The van der Waals surface area contributed by atoms with E-state index in [2.05, 4.69) is 0 Å². The topological polar surface area (TPSA) is 87.2 Å². The minimum Gasteiger partial charge on any atom is -0.386 e. The van der Waals surface area contributed by atoms with Gasteiger partial charge in [-0.3, -0.25) is 9.71 Å². The molecule has 0 fully saturated rings. The molecule has 5 nitrogen and oxygen atoms in total. The maximum atomic E-state index is 12.9. The van der Waals surface area contributed by atoms with E-state index in [4.69, 9.17) is 11.1 Å². The quantitative estimate of drug-likeness (QED) is 0.654. The third kappa shape index (κ3) is 3.38. The van der Waals surface area contributed by atoms with Crippen LogP contribution in [0, 0.1) is 11.2 Å². The molecule has 0 spiro atoms. The van der Waals surface area contributed by atoms with Crippen LogP contribution in [-0.2, 0) is 10.0 Å². The van der Waals surface area contributed by atoms with Crippen molar-refractivity contribution in [2.24, 2.45) is 5.73 Å². The number of nitrogens with two attached hydrogens (primary N) is 1. The lowest BCUT2D eigenvalue weighted by Gasteiger charge is -2.23. The van der Waals surface area contributed by atoms with Gasteiger partial charge in [-0.15, -0.1) is 0 Å². The fraction of sp³-hybridized carbons (Fsp3) is 0.0714. The van der Waals surface area contributed by atoms with Crippen LogP contribution >= 0.6 is 0 Å².